The average molecular weight is 273 g/mol. The van der Waals surface area contributed by atoms with Gasteiger partial charge in [-0.15, -0.1) is 0 Å². The molecule has 0 amide bonds. The van der Waals surface area contributed by atoms with Crippen LogP contribution < -0.4 is 0 Å². The minimum atomic E-state index is -3.91. The monoisotopic (exact) mass is 272 g/mol. The van der Waals surface area contributed by atoms with Gasteiger partial charge in [-0.1, -0.05) is 34.8 Å². The van der Waals surface area contributed by atoms with Gasteiger partial charge in [0.1, 0.15) is 0 Å². The van der Waals surface area contributed by atoms with E-state index in [0.717, 1.165) is 14.2 Å². The predicted molar refractivity (Wildman–Crippen MR) is 49.0 cm³/mol. The van der Waals surface area contributed by atoms with Crippen LogP contribution in [-0.4, -0.2) is 29.4 Å². The van der Waals surface area contributed by atoms with Gasteiger partial charge in [-0.2, -0.15) is 0 Å². The van der Waals surface area contributed by atoms with Crippen LogP contribution in [0, 0.1) is 0 Å². The van der Waals surface area contributed by atoms with E-state index in [9.17, 15) is 4.57 Å². The number of aliphatic hydroxyl groups is 1. The lowest BCUT2D eigenvalue weighted by atomic mass is 10.7. The van der Waals surface area contributed by atoms with Crippen LogP contribution in [0.3, 0.4) is 0 Å². The highest BCUT2D eigenvalue weighted by molar-refractivity contribution is 7.48. The second-order valence-electron chi connectivity index (χ2n) is 1.81. The van der Waals surface area contributed by atoms with Gasteiger partial charge in [0, 0.05) is 14.2 Å². The van der Waals surface area contributed by atoms with Gasteiger partial charge in [0.25, 0.3) is 5.25 Å². The molecule has 1 atom stereocenters. The first-order chi connectivity index (χ1) is 5.77. The summed E-state index contributed by atoms with van der Waals surface area (Å²) in [5.41, 5.74) is 0. The smallest absolute Gasteiger partial charge is 0.351 e. The summed E-state index contributed by atoms with van der Waals surface area (Å²) >= 11 is 15.7. The normalized spacial score (nSPS) is 17.5. The lowest BCUT2D eigenvalue weighted by molar-refractivity contribution is -0.0709. The Morgan fingerprint density at radius 1 is 1.38 bits per heavy atom. The molecule has 0 rings (SSSR count). The minimum Gasteiger partial charge on any atom is -0.351 e. The third-order valence-corrected chi connectivity index (χ3v) is 3.57. The molecule has 0 aliphatic heterocycles. The minimum absolute atomic E-state index is 1.05. The molecule has 9 heteroatoms. The van der Waals surface area contributed by atoms with Crippen LogP contribution in [-0.2, 0) is 18.1 Å². The topological polar surface area (TPSA) is 65.0 Å². The molecule has 0 saturated heterocycles. The average Bonchev–Trinajstić information content (AvgIpc) is 2.03. The first-order valence-corrected chi connectivity index (χ1v) is 5.60. The Bertz CT molecular complexity index is 200. The zero-order chi connectivity index (χ0) is 10.7. The van der Waals surface area contributed by atoms with Crippen LogP contribution in [0.5, 0.6) is 0 Å². The largest absolute Gasteiger partial charge is 0.477 e. The highest BCUT2D eigenvalue weighted by Gasteiger charge is 2.42. The van der Waals surface area contributed by atoms with Crippen molar-refractivity contribution in [1.29, 1.82) is 0 Å². The molecule has 0 radical (unpaired) electrons. The Hall–Kier alpha value is 0.940. The first-order valence-electron chi connectivity index (χ1n) is 2.89. The fraction of sp³-hybridized carbons (Fsp3) is 1.00. The maximum absolute atomic E-state index is 11.2. The van der Waals surface area contributed by atoms with E-state index in [4.69, 9.17) is 39.9 Å². The van der Waals surface area contributed by atoms with Crippen LogP contribution in [0.2, 0.25) is 0 Å². The van der Waals surface area contributed by atoms with Gasteiger partial charge in [0.15, 0.2) is 4.84 Å². The maximum atomic E-state index is 11.2. The second-order valence-corrected chi connectivity index (χ2v) is 5.26. The van der Waals surface area contributed by atoms with E-state index in [2.05, 4.69) is 13.6 Å². The molecule has 0 spiro atoms. The van der Waals surface area contributed by atoms with E-state index in [0.29, 0.717) is 0 Å². The number of alkyl halides is 3. The molecule has 0 aromatic rings. The molecule has 13 heavy (non-hydrogen) atoms. The number of phosphoric acid groups is 1. The van der Waals surface area contributed by atoms with E-state index < -0.39 is 17.9 Å². The van der Waals surface area contributed by atoms with Gasteiger partial charge < -0.3 is 5.11 Å². The summed E-state index contributed by atoms with van der Waals surface area (Å²) in [6, 6.07) is 0. The summed E-state index contributed by atoms with van der Waals surface area (Å²) in [4.78, 5) is -1.51. The van der Waals surface area contributed by atoms with Crippen LogP contribution >= 0.6 is 42.6 Å². The molecule has 5 nitrogen and oxygen atoms in total. The molecule has 0 bridgehead atoms. The van der Waals surface area contributed by atoms with Crippen LogP contribution in [0.4, 0.5) is 0 Å². The summed E-state index contributed by atoms with van der Waals surface area (Å²) < 4.78 is 24.2. The molecular weight excluding hydrogens is 265 g/mol. The van der Waals surface area contributed by atoms with Crippen LogP contribution in [0.25, 0.3) is 0 Å². The molecule has 0 saturated carbocycles. The molecule has 0 aliphatic rings. The Morgan fingerprint density at radius 3 is 2.00 bits per heavy atom. The van der Waals surface area contributed by atoms with E-state index in [1.807, 2.05) is 0 Å². The van der Waals surface area contributed by atoms with Crippen molar-refractivity contribution in [2.24, 2.45) is 0 Å². The Morgan fingerprint density at radius 2 is 1.77 bits per heavy atom. The summed E-state index contributed by atoms with van der Waals surface area (Å²) in [5, 5.41) is 6.61. The van der Waals surface area contributed by atoms with E-state index >= 15 is 0 Å². The number of halogens is 3. The number of hydrogen-bond donors (Lipinski definition) is 1. The fourth-order valence-electron chi connectivity index (χ4n) is 0.346. The van der Waals surface area contributed by atoms with Gasteiger partial charge in [-0.25, -0.2) is 9.09 Å². The number of phosphoric ester groups is 1. The molecule has 1 N–H and O–H groups in total. The molecular formula is C4H8Cl3O5P. The molecule has 0 heterocycles. The van der Waals surface area contributed by atoms with Crippen LogP contribution in [0.1, 0.15) is 0 Å². The SMILES string of the molecule is COP(=O)(OC)OC(O)(Cl)C(Cl)Cl. The predicted octanol–water partition coefficient (Wildman–Crippen LogP) is 2.09. The zero-order valence-electron chi connectivity index (χ0n) is 6.74. The van der Waals surface area contributed by atoms with Gasteiger partial charge in [0.2, 0.25) is 0 Å². The van der Waals surface area contributed by atoms with Gasteiger partial charge >= 0.3 is 7.82 Å². The van der Waals surface area contributed by atoms with Crippen molar-refractivity contribution in [1.82, 2.24) is 0 Å². The van der Waals surface area contributed by atoms with Gasteiger partial charge in [0.05, 0.1) is 0 Å². The molecule has 0 aliphatic carbocycles. The fourth-order valence-corrected chi connectivity index (χ4v) is 1.53. The summed E-state index contributed by atoms with van der Waals surface area (Å²) in [6.45, 7) is 0. The van der Waals surface area contributed by atoms with Crippen molar-refractivity contribution < 1.29 is 23.2 Å². The van der Waals surface area contributed by atoms with Crippen molar-refractivity contribution >= 4 is 42.6 Å². The lowest BCUT2D eigenvalue weighted by Crippen LogP contribution is -2.31. The van der Waals surface area contributed by atoms with E-state index in [1.165, 1.54) is 0 Å². The quantitative estimate of drug-likeness (QED) is 0.472. The molecule has 1 unspecified atom stereocenters. The Kier molecular flexibility index (Phi) is 5.51. The van der Waals surface area contributed by atoms with Crippen molar-refractivity contribution in [3.8, 4) is 0 Å². The third kappa shape index (κ3) is 4.32. The summed E-state index contributed by atoms with van der Waals surface area (Å²) in [7, 11) is -1.81. The van der Waals surface area contributed by atoms with Crippen molar-refractivity contribution in [3.63, 3.8) is 0 Å². The summed E-state index contributed by atoms with van der Waals surface area (Å²) in [6.07, 6.45) is 0. The highest BCUT2D eigenvalue weighted by Crippen LogP contribution is 2.53. The van der Waals surface area contributed by atoms with E-state index in [1.54, 1.807) is 0 Å². The van der Waals surface area contributed by atoms with Crippen molar-refractivity contribution in [2.45, 2.75) is 10.1 Å². The van der Waals surface area contributed by atoms with Crippen molar-refractivity contribution in [2.75, 3.05) is 14.2 Å². The molecule has 0 aromatic carbocycles. The molecule has 0 fully saturated rings. The maximum Gasteiger partial charge on any atom is 0.477 e. The standard InChI is InChI=1S/C4H8Cl3O5P/c1-10-13(9,11-2)12-4(7,8)3(5)6/h3,8H,1-2H3. The Balaban J connectivity index is 4.49. The van der Waals surface area contributed by atoms with Crippen LogP contribution in [0.15, 0.2) is 0 Å². The highest BCUT2D eigenvalue weighted by atomic mass is 35.5. The number of rotatable bonds is 5. The second kappa shape index (κ2) is 5.14. The van der Waals surface area contributed by atoms with Gasteiger partial charge in [-0.05, 0) is 0 Å². The lowest BCUT2D eigenvalue weighted by Gasteiger charge is -2.24. The zero-order valence-corrected chi connectivity index (χ0v) is 9.90. The molecule has 0 aromatic heterocycles. The molecule has 80 valence electrons. The third-order valence-electron chi connectivity index (χ3n) is 0.956. The Labute approximate surface area is 90.4 Å². The van der Waals surface area contributed by atoms with Crippen molar-refractivity contribution in [3.05, 3.63) is 0 Å². The summed E-state index contributed by atoms with van der Waals surface area (Å²) in [5.74, 6) is 0. The van der Waals surface area contributed by atoms with E-state index in [-0.39, 0.29) is 0 Å². The number of hydrogen-bond acceptors (Lipinski definition) is 5. The first kappa shape index (κ1) is 13.9. The van der Waals surface area contributed by atoms with Gasteiger partial charge in [-0.3, -0.25) is 9.05 Å².